The van der Waals surface area contributed by atoms with Gasteiger partial charge in [0.25, 0.3) is 0 Å². The number of alkyl halides is 6. The molecule has 0 atom stereocenters. The predicted octanol–water partition coefficient (Wildman–Crippen LogP) is 4.69. The van der Waals surface area contributed by atoms with Crippen LogP contribution in [0.25, 0.3) is 22.6 Å². The maximum atomic E-state index is 13.8. The molecule has 0 saturated carbocycles. The molecule has 0 unspecified atom stereocenters. The Kier molecular flexibility index (Phi) is 4.75. The van der Waals surface area contributed by atoms with Crippen LogP contribution in [-0.2, 0) is 12.4 Å². The number of pyridine rings is 1. The molecule has 0 aliphatic heterocycles. The molecule has 13 heteroatoms. The maximum absolute atomic E-state index is 13.8. The molecule has 0 fully saturated rings. The molecule has 3 heterocycles. The van der Waals surface area contributed by atoms with E-state index in [1.54, 1.807) is 0 Å². The van der Waals surface area contributed by atoms with E-state index in [0.29, 0.717) is 5.69 Å². The van der Waals surface area contributed by atoms with Crippen LogP contribution >= 0.6 is 0 Å². The number of benzene rings is 1. The van der Waals surface area contributed by atoms with Gasteiger partial charge in [-0.15, -0.1) is 5.10 Å². The lowest BCUT2D eigenvalue weighted by atomic mass is 10.2. The zero-order chi connectivity index (χ0) is 22.4. The molecule has 4 rings (SSSR count). The van der Waals surface area contributed by atoms with Crippen LogP contribution in [0, 0.1) is 5.82 Å². The summed E-state index contributed by atoms with van der Waals surface area (Å²) in [7, 11) is 0. The summed E-state index contributed by atoms with van der Waals surface area (Å²) in [5.41, 5.74) is -2.82. The minimum atomic E-state index is -5.05. The molecule has 4 aromatic rings. The van der Waals surface area contributed by atoms with Crippen LogP contribution in [0.4, 0.5) is 30.7 Å². The molecule has 0 aliphatic rings. The molecule has 6 nitrogen and oxygen atoms in total. The lowest BCUT2D eigenvalue weighted by Gasteiger charge is -2.10. The quantitative estimate of drug-likeness (QED) is 0.432. The fourth-order valence-electron chi connectivity index (χ4n) is 2.76. The van der Waals surface area contributed by atoms with Gasteiger partial charge in [-0.2, -0.15) is 31.4 Å². The topological polar surface area (TPSA) is 61.4 Å². The van der Waals surface area contributed by atoms with E-state index in [2.05, 4.69) is 20.4 Å². The molecule has 1 aromatic carbocycles. The maximum Gasteiger partial charge on any atom is 0.435 e. The van der Waals surface area contributed by atoms with E-state index in [1.165, 1.54) is 35.3 Å². The fourth-order valence-corrected chi connectivity index (χ4v) is 2.76. The van der Waals surface area contributed by atoms with Crippen molar-refractivity contribution in [2.75, 3.05) is 0 Å². The number of halogens is 7. The summed E-state index contributed by atoms with van der Waals surface area (Å²) in [6, 6.07) is 6.25. The van der Waals surface area contributed by atoms with Gasteiger partial charge < -0.3 is 0 Å². The predicted molar refractivity (Wildman–Crippen MR) is 91.7 cm³/mol. The molecule has 0 radical (unpaired) electrons. The second-order valence-corrected chi connectivity index (χ2v) is 6.24. The molecule has 0 amide bonds. The Labute approximate surface area is 168 Å². The summed E-state index contributed by atoms with van der Waals surface area (Å²) in [5.74, 6) is -0.622. The standard InChI is InChI=1S/C18H9F7N6/c19-13-8-26-6-5-12(13)14-9-30(29-27-14)10-1-3-11(4-2-10)31-16(18(23,24)25)7-15(28-31)17(20,21)22/h1-9H. The van der Waals surface area contributed by atoms with Crippen molar-refractivity contribution in [1.82, 2.24) is 29.8 Å². The SMILES string of the molecule is Fc1cnccc1-c1cn(-c2ccc(-n3nc(C(F)(F)F)cc3C(F)(F)F)cc2)nn1. The molecule has 31 heavy (non-hydrogen) atoms. The lowest BCUT2D eigenvalue weighted by molar-refractivity contribution is -0.143. The number of hydrogen-bond acceptors (Lipinski definition) is 4. The van der Waals surface area contributed by atoms with Crippen LogP contribution in [0.3, 0.4) is 0 Å². The van der Waals surface area contributed by atoms with Crippen molar-refractivity contribution in [3.05, 3.63) is 72.2 Å². The van der Waals surface area contributed by atoms with Gasteiger partial charge in [-0.25, -0.2) is 13.8 Å². The van der Waals surface area contributed by atoms with Gasteiger partial charge in [0.05, 0.1) is 23.8 Å². The largest absolute Gasteiger partial charge is 0.435 e. The van der Waals surface area contributed by atoms with Crippen LogP contribution in [0.15, 0.2) is 55.0 Å². The molecular weight excluding hydrogens is 433 g/mol. The van der Waals surface area contributed by atoms with Gasteiger partial charge in [0.2, 0.25) is 0 Å². The van der Waals surface area contributed by atoms with Crippen molar-refractivity contribution in [3.63, 3.8) is 0 Å². The monoisotopic (exact) mass is 442 g/mol. The van der Waals surface area contributed by atoms with Gasteiger partial charge in [-0.3, -0.25) is 4.98 Å². The van der Waals surface area contributed by atoms with E-state index in [0.717, 1.165) is 18.3 Å². The molecule has 0 N–H and O–H groups in total. The van der Waals surface area contributed by atoms with E-state index in [4.69, 9.17) is 0 Å². The van der Waals surface area contributed by atoms with Crippen molar-refractivity contribution in [2.45, 2.75) is 12.4 Å². The van der Waals surface area contributed by atoms with E-state index in [-0.39, 0.29) is 27.7 Å². The molecule has 3 aromatic heterocycles. The molecule has 0 spiro atoms. The Morgan fingerprint density at radius 1 is 0.839 bits per heavy atom. The molecule has 0 aliphatic carbocycles. The number of hydrogen-bond donors (Lipinski definition) is 0. The first kappa shape index (κ1) is 20.5. The third-order valence-electron chi connectivity index (χ3n) is 4.19. The zero-order valence-electron chi connectivity index (χ0n) is 15.0. The van der Waals surface area contributed by atoms with Crippen molar-refractivity contribution >= 4 is 0 Å². The van der Waals surface area contributed by atoms with Gasteiger partial charge in [0.15, 0.2) is 11.5 Å². The van der Waals surface area contributed by atoms with E-state index < -0.39 is 29.6 Å². The van der Waals surface area contributed by atoms with Crippen molar-refractivity contribution in [2.24, 2.45) is 0 Å². The minimum Gasteiger partial charge on any atom is -0.262 e. The Balaban J connectivity index is 1.69. The van der Waals surface area contributed by atoms with E-state index >= 15 is 0 Å². The van der Waals surface area contributed by atoms with Crippen LogP contribution in [-0.4, -0.2) is 29.8 Å². The first-order valence-electron chi connectivity index (χ1n) is 8.41. The Morgan fingerprint density at radius 3 is 2.13 bits per heavy atom. The number of rotatable bonds is 3. The third-order valence-corrected chi connectivity index (χ3v) is 4.19. The summed E-state index contributed by atoms with van der Waals surface area (Å²) in [6.45, 7) is 0. The van der Waals surface area contributed by atoms with Gasteiger partial charge in [0.1, 0.15) is 11.4 Å². The van der Waals surface area contributed by atoms with Crippen molar-refractivity contribution in [3.8, 4) is 22.6 Å². The average Bonchev–Trinajstić information content (AvgIpc) is 3.36. The average molecular weight is 442 g/mol. The van der Waals surface area contributed by atoms with Gasteiger partial charge in [0, 0.05) is 17.8 Å². The van der Waals surface area contributed by atoms with E-state index in [1.807, 2.05) is 0 Å². The highest BCUT2D eigenvalue weighted by Gasteiger charge is 2.42. The Hall–Kier alpha value is -3.77. The zero-order valence-corrected chi connectivity index (χ0v) is 15.0. The summed E-state index contributed by atoms with van der Waals surface area (Å²) < 4.78 is 93.3. The third kappa shape index (κ3) is 3.98. The van der Waals surface area contributed by atoms with Crippen LogP contribution < -0.4 is 0 Å². The smallest absolute Gasteiger partial charge is 0.262 e. The van der Waals surface area contributed by atoms with Gasteiger partial charge >= 0.3 is 12.4 Å². The number of aromatic nitrogens is 6. The molecular formula is C18H9F7N6. The normalized spacial score (nSPS) is 12.4. The summed E-state index contributed by atoms with van der Waals surface area (Å²) in [6.07, 6.45) is -6.34. The molecule has 0 saturated heterocycles. The summed E-state index contributed by atoms with van der Waals surface area (Å²) >= 11 is 0. The first-order chi connectivity index (χ1) is 14.5. The highest BCUT2D eigenvalue weighted by atomic mass is 19.4. The summed E-state index contributed by atoms with van der Waals surface area (Å²) in [4.78, 5) is 3.63. The highest BCUT2D eigenvalue weighted by Crippen LogP contribution is 2.36. The van der Waals surface area contributed by atoms with Crippen LogP contribution in [0.5, 0.6) is 0 Å². The Morgan fingerprint density at radius 2 is 1.52 bits per heavy atom. The van der Waals surface area contributed by atoms with E-state index in [9.17, 15) is 30.7 Å². The fraction of sp³-hybridized carbons (Fsp3) is 0.111. The molecule has 0 bridgehead atoms. The van der Waals surface area contributed by atoms with Crippen molar-refractivity contribution < 1.29 is 30.7 Å². The van der Waals surface area contributed by atoms with Gasteiger partial charge in [-0.1, -0.05) is 5.21 Å². The van der Waals surface area contributed by atoms with Crippen molar-refractivity contribution in [1.29, 1.82) is 0 Å². The van der Waals surface area contributed by atoms with Crippen LogP contribution in [0.2, 0.25) is 0 Å². The minimum absolute atomic E-state index is 0.0547. The van der Waals surface area contributed by atoms with Gasteiger partial charge in [-0.05, 0) is 30.3 Å². The molecule has 160 valence electrons. The second-order valence-electron chi connectivity index (χ2n) is 6.24. The first-order valence-corrected chi connectivity index (χ1v) is 8.41. The highest BCUT2D eigenvalue weighted by molar-refractivity contribution is 5.58. The summed E-state index contributed by atoms with van der Waals surface area (Å²) in [5, 5.41) is 10.7. The van der Waals surface area contributed by atoms with Crippen LogP contribution in [0.1, 0.15) is 11.4 Å². The number of nitrogens with zero attached hydrogens (tertiary/aromatic N) is 6. The Bertz CT molecular complexity index is 1220. The lowest BCUT2D eigenvalue weighted by Crippen LogP contribution is -2.13. The second kappa shape index (κ2) is 7.18.